The topological polar surface area (TPSA) is 43.8 Å². The highest BCUT2D eigenvalue weighted by molar-refractivity contribution is 6.18. The van der Waals surface area contributed by atoms with Gasteiger partial charge in [0, 0.05) is 38.6 Å². The van der Waals surface area contributed by atoms with Crippen LogP contribution in [0.4, 0.5) is 0 Å². The molecule has 2 rings (SSSR count). The van der Waals surface area contributed by atoms with Crippen molar-refractivity contribution in [3.8, 4) is 5.75 Å². The molecule has 0 aromatic heterocycles. The average molecular weight is 283 g/mol. The van der Waals surface area contributed by atoms with Crippen LogP contribution in [0.15, 0.2) is 18.2 Å². The van der Waals surface area contributed by atoms with E-state index in [-0.39, 0.29) is 11.7 Å². The number of para-hydroxylation sites is 1. The monoisotopic (exact) mass is 282 g/mol. The maximum atomic E-state index is 12.4. The summed E-state index contributed by atoms with van der Waals surface area (Å²) in [7, 11) is 0. The summed E-state index contributed by atoms with van der Waals surface area (Å²) >= 11 is 5.71. The number of carbonyl (C=O) groups excluding carboxylic acids is 1. The number of aromatic hydroxyl groups is 1. The zero-order valence-corrected chi connectivity index (χ0v) is 11.9. The van der Waals surface area contributed by atoms with Gasteiger partial charge in [0.1, 0.15) is 5.75 Å². The highest BCUT2D eigenvalue weighted by Crippen LogP contribution is 2.23. The van der Waals surface area contributed by atoms with Gasteiger partial charge < -0.3 is 10.0 Å². The van der Waals surface area contributed by atoms with Crippen molar-refractivity contribution in [3.63, 3.8) is 0 Å². The third-order valence-electron chi connectivity index (χ3n) is 3.53. The smallest absolute Gasteiger partial charge is 0.257 e. The molecule has 1 fully saturated rings. The molecule has 0 unspecified atom stereocenters. The molecule has 1 amide bonds. The van der Waals surface area contributed by atoms with Crippen LogP contribution in [0.5, 0.6) is 5.75 Å². The lowest BCUT2D eigenvalue weighted by molar-refractivity contribution is 0.0641. The second kappa shape index (κ2) is 6.26. The second-order valence-electron chi connectivity index (χ2n) is 4.79. The Hall–Kier alpha value is -1.26. The van der Waals surface area contributed by atoms with Crippen LogP contribution in [0.3, 0.4) is 0 Å². The molecule has 1 aromatic rings. The lowest BCUT2D eigenvalue weighted by Gasteiger charge is -2.34. The van der Waals surface area contributed by atoms with Gasteiger partial charge >= 0.3 is 0 Å². The van der Waals surface area contributed by atoms with Gasteiger partial charge in [-0.1, -0.05) is 12.1 Å². The second-order valence-corrected chi connectivity index (χ2v) is 5.17. The van der Waals surface area contributed by atoms with Crippen molar-refractivity contribution < 1.29 is 9.90 Å². The number of amides is 1. The molecular formula is C14H19ClN2O2. The fourth-order valence-electron chi connectivity index (χ4n) is 2.30. The SMILES string of the molecule is Cc1cccc(C(=O)N2CCN(CCCl)CC2)c1O. The first-order valence-electron chi connectivity index (χ1n) is 6.49. The number of halogens is 1. The fourth-order valence-corrected chi connectivity index (χ4v) is 2.54. The predicted octanol–water partition coefficient (Wildman–Crippen LogP) is 1.70. The predicted molar refractivity (Wildman–Crippen MR) is 75.9 cm³/mol. The minimum Gasteiger partial charge on any atom is -0.507 e. The number of aryl methyl sites for hydroxylation is 1. The van der Waals surface area contributed by atoms with E-state index in [4.69, 9.17) is 11.6 Å². The highest BCUT2D eigenvalue weighted by atomic mass is 35.5. The van der Waals surface area contributed by atoms with Gasteiger partial charge in [-0.2, -0.15) is 0 Å². The number of phenols is 1. The zero-order chi connectivity index (χ0) is 13.8. The number of phenolic OH excluding ortho intramolecular Hbond substituents is 1. The molecule has 5 heteroatoms. The van der Waals surface area contributed by atoms with Gasteiger partial charge in [0.15, 0.2) is 0 Å². The first kappa shape index (κ1) is 14.2. The zero-order valence-electron chi connectivity index (χ0n) is 11.1. The van der Waals surface area contributed by atoms with Gasteiger partial charge in [-0.3, -0.25) is 9.69 Å². The largest absolute Gasteiger partial charge is 0.507 e. The summed E-state index contributed by atoms with van der Waals surface area (Å²) in [6.07, 6.45) is 0. The summed E-state index contributed by atoms with van der Waals surface area (Å²) in [6, 6.07) is 5.27. The van der Waals surface area contributed by atoms with Gasteiger partial charge in [0.05, 0.1) is 5.56 Å². The van der Waals surface area contributed by atoms with E-state index < -0.39 is 0 Å². The highest BCUT2D eigenvalue weighted by Gasteiger charge is 2.23. The van der Waals surface area contributed by atoms with Crippen LogP contribution in [0.25, 0.3) is 0 Å². The van der Waals surface area contributed by atoms with Crippen molar-refractivity contribution in [2.45, 2.75) is 6.92 Å². The molecule has 1 aliphatic rings. The molecule has 0 atom stereocenters. The maximum absolute atomic E-state index is 12.4. The summed E-state index contributed by atoms with van der Waals surface area (Å²) in [6.45, 7) is 5.70. The molecule has 4 nitrogen and oxygen atoms in total. The van der Waals surface area contributed by atoms with E-state index >= 15 is 0 Å². The van der Waals surface area contributed by atoms with Crippen LogP contribution in [-0.4, -0.2) is 59.4 Å². The third kappa shape index (κ3) is 3.19. The summed E-state index contributed by atoms with van der Waals surface area (Å²) in [5.74, 6) is 0.620. The number of rotatable bonds is 3. The van der Waals surface area contributed by atoms with Crippen LogP contribution >= 0.6 is 11.6 Å². The number of benzene rings is 1. The molecule has 1 heterocycles. The Balaban J connectivity index is 2.03. The molecule has 0 aliphatic carbocycles. The molecule has 0 saturated carbocycles. The van der Waals surface area contributed by atoms with Crippen LogP contribution in [0.2, 0.25) is 0 Å². The summed E-state index contributed by atoms with van der Waals surface area (Å²) in [5.41, 5.74) is 1.12. The summed E-state index contributed by atoms with van der Waals surface area (Å²) < 4.78 is 0. The van der Waals surface area contributed by atoms with Crippen molar-refractivity contribution in [3.05, 3.63) is 29.3 Å². The molecule has 1 N–H and O–H groups in total. The van der Waals surface area contributed by atoms with E-state index in [1.165, 1.54) is 0 Å². The number of hydrogen-bond donors (Lipinski definition) is 1. The molecular weight excluding hydrogens is 264 g/mol. The summed E-state index contributed by atoms with van der Waals surface area (Å²) in [4.78, 5) is 16.4. The lowest BCUT2D eigenvalue weighted by atomic mass is 10.1. The number of carbonyl (C=O) groups is 1. The van der Waals surface area contributed by atoms with E-state index in [2.05, 4.69) is 4.90 Å². The van der Waals surface area contributed by atoms with E-state index in [1.54, 1.807) is 30.0 Å². The quantitative estimate of drug-likeness (QED) is 0.858. The van der Waals surface area contributed by atoms with Gasteiger partial charge in [0.25, 0.3) is 5.91 Å². The van der Waals surface area contributed by atoms with Gasteiger partial charge in [-0.15, -0.1) is 11.6 Å². The molecule has 19 heavy (non-hydrogen) atoms. The van der Waals surface area contributed by atoms with Crippen LogP contribution < -0.4 is 0 Å². The Labute approximate surface area is 118 Å². The first-order chi connectivity index (χ1) is 9.13. The van der Waals surface area contributed by atoms with Gasteiger partial charge in [0.2, 0.25) is 0 Å². The minimum atomic E-state index is -0.0910. The standard InChI is InChI=1S/C14H19ClN2O2/c1-11-3-2-4-12(13(11)18)14(19)17-9-7-16(6-5-15)8-10-17/h2-4,18H,5-10H2,1H3. The lowest BCUT2D eigenvalue weighted by Crippen LogP contribution is -2.49. The van der Waals surface area contributed by atoms with Crippen LogP contribution in [0, 0.1) is 6.92 Å². The summed E-state index contributed by atoms with van der Waals surface area (Å²) in [5, 5.41) is 9.96. The first-order valence-corrected chi connectivity index (χ1v) is 7.03. The Bertz CT molecular complexity index is 457. The Morgan fingerprint density at radius 3 is 2.63 bits per heavy atom. The molecule has 1 aliphatic heterocycles. The Morgan fingerprint density at radius 2 is 2.00 bits per heavy atom. The van der Waals surface area contributed by atoms with Gasteiger partial charge in [-0.05, 0) is 18.6 Å². The Kier molecular flexibility index (Phi) is 4.66. The van der Waals surface area contributed by atoms with Crippen LogP contribution in [-0.2, 0) is 0 Å². The van der Waals surface area contributed by atoms with Crippen LogP contribution in [0.1, 0.15) is 15.9 Å². The molecule has 1 saturated heterocycles. The van der Waals surface area contributed by atoms with Crippen molar-refractivity contribution in [2.75, 3.05) is 38.6 Å². The van der Waals surface area contributed by atoms with Crippen molar-refractivity contribution in [1.29, 1.82) is 0 Å². The normalized spacial score (nSPS) is 16.6. The van der Waals surface area contributed by atoms with E-state index in [9.17, 15) is 9.90 Å². The maximum Gasteiger partial charge on any atom is 0.257 e. The molecule has 104 valence electrons. The van der Waals surface area contributed by atoms with Crippen molar-refractivity contribution in [2.24, 2.45) is 0 Å². The molecule has 0 radical (unpaired) electrons. The number of piperazine rings is 1. The number of alkyl halides is 1. The number of hydrogen-bond acceptors (Lipinski definition) is 3. The molecule has 0 spiro atoms. The molecule has 0 bridgehead atoms. The van der Waals surface area contributed by atoms with Gasteiger partial charge in [-0.25, -0.2) is 0 Å². The minimum absolute atomic E-state index is 0.0910. The molecule has 1 aromatic carbocycles. The Morgan fingerprint density at radius 1 is 1.32 bits per heavy atom. The average Bonchev–Trinajstić information content (AvgIpc) is 2.42. The third-order valence-corrected chi connectivity index (χ3v) is 3.70. The number of nitrogens with zero attached hydrogens (tertiary/aromatic N) is 2. The van der Waals surface area contributed by atoms with E-state index in [0.717, 1.165) is 25.2 Å². The van der Waals surface area contributed by atoms with Crippen molar-refractivity contribution >= 4 is 17.5 Å². The fraction of sp³-hybridized carbons (Fsp3) is 0.500. The van der Waals surface area contributed by atoms with E-state index in [1.807, 2.05) is 0 Å². The van der Waals surface area contributed by atoms with Crippen molar-refractivity contribution in [1.82, 2.24) is 9.80 Å². The van der Waals surface area contributed by atoms with E-state index in [0.29, 0.717) is 24.5 Å².